The van der Waals surface area contributed by atoms with Crippen molar-refractivity contribution in [3.63, 3.8) is 0 Å². The Bertz CT molecular complexity index is 336. The van der Waals surface area contributed by atoms with Crippen molar-refractivity contribution in [2.45, 2.75) is 6.92 Å². The maximum absolute atomic E-state index is 5.53. The van der Waals surface area contributed by atoms with Gasteiger partial charge in [-0.3, -0.25) is 0 Å². The molecule has 0 aromatic heterocycles. The molecule has 15 heavy (non-hydrogen) atoms. The smallest absolute Gasteiger partial charge is 0.141 e. The van der Waals surface area contributed by atoms with Crippen LogP contribution in [0.3, 0.4) is 0 Å². The molecule has 0 heterocycles. The molecule has 0 fully saturated rings. The predicted molar refractivity (Wildman–Crippen MR) is 66.1 cm³/mol. The number of ether oxygens (including phenoxy) is 1. The molecule has 3 heteroatoms. The Morgan fingerprint density at radius 3 is 2.87 bits per heavy atom. The van der Waals surface area contributed by atoms with Gasteiger partial charge in [-0.2, -0.15) is 0 Å². The monoisotopic (exact) mass is 225 g/mol. The average Bonchev–Trinajstić information content (AvgIpc) is 2.25. The number of nitrogens with one attached hydrogen (secondary N) is 1. The molecule has 0 aliphatic rings. The maximum Gasteiger partial charge on any atom is 0.141 e. The fourth-order valence-electron chi connectivity index (χ4n) is 1.28. The van der Waals surface area contributed by atoms with Gasteiger partial charge in [0.2, 0.25) is 0 Å². The molecule has 1 rings (SSSR count). The van der Waals surface area contributed by atoms with Gasteiger partial charge in [0.1, 0.15) is 5.75 Å². The molecule has 0 aliphatic heterocycles. The molecule has 82 valence electrons. The standard InChI is InChI=1S/C12H16ClNO/c1-10-5-6-12(15-2)11(9-10)14-8-4-3-7-13/h3-6,9,14H,7-8H2,1-2H3/b4-3+. The number of aryl methyl sites for hydroxylation is 1. The SMILES string of the molecule is COc1ccc(C)cc1NC/C=C/CCl. The fraction of sp³-hybridized carbons (Fsp3) is 0.333. The molecule has 0 atom stereocenters. The van der Waals surface area contributed by atoms with Gasteiger partial charge >= 0.3 is 0 Å². The number of methoxy groups -OCH3 is 1. The Balaban J connectivity index is 2.65. The number of benzene rings is 1. The third kappa shape index (κ3) is 3.84. The van der Waals surface area contributed by atoms with E-state index in [0.29, 0.717) is 5.88 Å². The van der Waals surface area contributed by atoms with Gasteiger partial charge in [0, 0.05) is 12.4 Å². The van der Waals surface area contributed by atoms with E-state index < -0.39 is 0 Å². The second kappa shape index (κ2) is 6.36. The normalized spacial score (nSPS) is 10.6. The van der Waals surface area contributed by atoms with Crippen LogP contribution in [0.4, 0.5) is 5.69 Å². The van der Waals surface area contributed by atoms with Crippen LogP contribution in [0, 0.1) is 6.92 Å². The van der Waals surface area contributed by atoms with E-state index in [2.05, 4.69) is 18.3 Å². The Kier molecular flexibility index (Phi) is 5.05. The number of rotatable bonds is 5. The minimum Gasteiger partial charge on any atom is -0.495 e. The highest BCUT2D eigenvalue weighted by molar-refractivity contribution is 6.18. The van der Waals surface area contributed by atoms with E-state index in [0.717, 1.165) is 18.0 Å². The zero-order valence-corrected chi connectivity index (χ0v) is 9.84. The van der Waals surface area contributed by atoms with Crippen molar-refractivity contribution in [3.05, 3.63) is 35.9 Å². The first-order chi connectivity index (χ1) is 7.27. The van der Waals surface area contributed by atoms with Crippen molar-refractivity contribution in [2.75, 3.05) is 24.9 Å². The molecule has 0 amide bonds. The van der Waals surface area contributed by atoms with Crippen LogP contribution in [0.15, 0.2) is 30.4 Å². The molecule has 0 saturated carbocycles. The van der Waals surface area contributed by atoms with Crippen molar-refractivity contribution in [2.24, 2.45) is 0 Å². The van der Waals surface area contributed by atoms with Gasteiger partial charge in [-0.05, 0) is 24.6 Å². The van der Waals surface area contributed by atoms with Crippen molar-refractivity contribution < 1.29 is 4.74 Å². The summed E-state index contributed by atoms with van der Waals surface area (Å²) in [6, 6.07) is 6.05. The summed E-state index contributed by atoms with van der Waals surface area (Å²) in [4.78, 5) is 0. The molecule has 0 radical (unpaired) electrons. The number of anilines is 1. The van der Waals surface area contributed by atoms with Crippen LogP contribution < -0.4 is 10.1 Å². The zero-order chi connectivity index (χ0) is 11.1. The summed E-state index contributed by atoms with van der Waals surface area (Å²) in [7, 11) is 1.67. The molecular formula is C12H16ClNO. The van der Waals surface area contributed by atoms with Gasteiger partial charge in [-0.15, -0.1) is 11.6 Å². The van der Waals surface area contributed by atoms with Crippen LogP contribution in [-0.2, 0) is 0 Å². The van der Waals surface area contributed by atoms with Crippen LogP contribution in [0.5, 0.6) is 5.75 Å². The maximum atomic E-state index is 5.53. The third-order valence-corrected chi connectivity index (χ3v) is 2.20. The van der Waals surface area contributed by atoms with E-state index in [1.54, 1.807) is 7.11 Å². The highest BCUT2D eigenvalue weighted by atomic mass is 35.5. The fourth-order valence-corrected chi connectivity index (χ4v) is 1.40. The molecule has 0 spiro atoms. The predicted octanol–water partition coefficient (Wildman–Crippen LogP) is 3.21. The van der Waals surface area contributed by atoms with Crippen molar-refractivity contribution in [1.82, 2.24) is 0 Å². The summed E-state index contributed by atoms with van der Waals surface area (Å²) in [5, 5.41) is 3.27. The number of halogens is 1. The van der Waals surface area contributed by atoms with Gasteiger partial charge in [-0.25, -0.2) is 0 Å². The Morgan fingerprint density at radius 1 is 1.40 bits per heavy atom. The van der Waals surface area contributed by atoms with Crippen LogP contribution in [0.1, 0.15) is 5.56 Å². The molecule has 1 N–H and O–H groups in total. The molecule has 1 aromatic carbocycles. The van der Waals surface area contributed by atoms with Gasteiger partial charge < -0.3 is 10.1 Å². The zero-order valence-electron chi connectivity index (χ0n) is 9.09. The summed E-state index contributed by atoms with van der Waals surface area (Å²) in [6.45, 7) is 2.81. The minimum absolute atomic E-state index is 0.548. The number of hydrogen-bond donors (Lipinski definition) is 1. The van der Waals surface area contributed by atoms with Gasteiger partial charge in [-0.1, -0.05) is 18.2 Å². The minimum atomic E-state index is 0.548. The summed E-state index contributed by atoms with van der Waals surface area (Å²) in [6.07, 6.45) is 3.91. The van der Waals surface area contributed by atoms with Crippen LogP contribution in [0.25, 0.3) is 0 Å². The summed E-state index contributed by atoms with van der Waals surface area (Å²) in [5.41, 5.74) is 2.22. The topological polar surface area (TPSA) is 21.3 Å². The summed E-state index contributed by atoms with van der Waals surface area (Å²) in [5.74, 6) is 1.41. The van der Waals surface area contributed by atoms with E-state index in [1.807, 2.05) is 24.3 Å². The lowest BCUT2D eigenvalue weighted by atomic mass is 10.2. The van der Waals surface area contributed by atoms with Crippen molar-refractivity contribution in [1.29, 1.82) is 0 Å². The number of hydrogen-bond acceptors (Lipinski definition) is 2. The highest BCUT2D eigenvalue weighted by Gasteiger charge is 2.00. The van der Waals surface area contributed by atoms with Crippen molar-refractivity contribution in [3.8, 4) is 5.75 Å². The van der Waals surface area contributed by atoms with Crippen LogP contribution in [0.2, 0.25) is 0 Å². The van der Waals surface area contributed by atoms with Crippen LogP contribution in [-0.4, -0.2) is 19.5 Å². The molecule has 0 aliphatic carbocycles. The largest absolute Gasteiger partial charge is 0.495 e. The second-order valence-corrected chi connectivity index (χ2v) is 3.52. The Morgan fingerprint density at radius 2 is 2.20 bits per heavy atom. The Labute approximate surface area is 95.9 Å². The number of allylic oxidation sites excluding steroid dienone is 1. The van der Waals surface area contributed by atoms with Gasteiger partial charge in [0.15, 0.2) is 0 Å². The van der Waals surface area contributed by atoms with Crippen molar-refractivity contribution >= 4 is 17.3 Å². The summed E-state index contributed by atoms with van der Waals surface area (Å²) < 4.78 is 5.24. The van der Waals surface area contributed by atoms with E-state index in [4.69, 9.17) is 16.3 Å². The highest BCUT2D eigenvalue weighted by Crippen LogP contribution is 2.24. The first-order valence-electron chi connectivity index (χ1n) is 4.87. The summed E-state index contributed by atoms with van der Waals surface area (Å²) >= 11 is 5.53. The van der Waals surface area contributed by atoms with Gasteiger partial charge in [0.25, 0.3) is 0 Å². The first-order valence-corrected chi connectivity index (χ1v) is 5.41. The molecular weight excluding hydrogens is 210 g/mol. The molecule has 1 aromatic rings. The average molecular weight is 226 g/mol. The van der Waals surface area contributed by atoms with E-state index in [9.17, 15) is 0 Å². The lowest BCUT2D eigenvalue weighted by Crippen LogP contribution is -2.00. The Hall–Kier alpha value is -1.15. The lowest BCUT2D eigenvalue weighted by molar-refractivity contribution is 0.416. The third-order valence-electron chi connectivity index (χ3n) is 2.02. The quantitative estimate of drug-likeness (QED) is 0.614. The first kappa shape index (κ1) is 11.9. The van der Waals surface area contributed by atoms with Crippen LogP contribution >= 0.6 is 11.6 Å². The van der Waals surface area contributed by atoms with E-state index in [1.165, 1.54) is 5.56 Å². The van der Waals surface area contributed by atoms with Gasteiger partial charge in [0.05, 0.1) is 12.8 Å². The molecule has 0 bridgehead atoms. The molecule has 0 saturated heterocycles. The lowest BCUT2D eigenvalue weighted by Gasteiger charge is -2.10. The van der Waals surface area contributed by atoms with E-state index in [-0.39, 0.29) is 0 Å². The molecule has 2 nitrogen and oxygen atoms in total. The second-order valence-electron chi connectivity index (χ2n) is 3.21. The molecule has 0 unspecified atom stereocenters. The van der Waals surface area contributed by atoms with E-state index >= 15 is 0 Å². The number of alkyl halides is 1.